The summed E-state index contributed by atoms with van der Waals surface area (Å²) in [7, 11) is 0. The van der Waals surface area contributed by atoms with Crippen LogP contribution >= 0.6 is 11.8 Å². The molecule has 24 heavy (non-hydrogen) atoms. The summed E-state index contributed by atoms with van der Waals surface area (Å²) in [5.74, 6) is -0.269. The van der Waals surface area contributed by atoms with Crippen LogP contribution in [0.25, 0.3) is 0 Å². The van der Waals surface area contributed by atoms with Gasteiger partial charge in [-0.2, -0.15) is 13.2 Å². The van der Waals surface area contributed by atoms with Crippen molar-refractivity contribution in [3.8, 4) is 0 Å². The number of benzene rings is 1. The maximum atomic E-state index is 11.9. The molecule has 1 atom stereocenters. The molecule has 6 nitrogen and oxygen atoms in total. The Balaban J connectivity index is 2.26. The Hall–Kier alpha value is -1.81. The number of nitrogens with one attached hydrogen (secondary N) is 1. The SMILES string of the molecule is CC(Sc1ccc([N+](=O)[O-])cc1)C(=O)NCCCOCC(F)(F)F. The third-order valence-corrected chi connectivity index (χ3v) is 3.87. The van der Waals surface area contributed by atoms with E-state index in [9.17, 15) is 28.1 Å². The molecule has 0 saturated heterocycles. The number of nitro groups is 1. The zero-order valence-corrected chi connectivity index (χ0v) is 13.7. The van der Waals surface area contributed by atoms with Gasteiger partial charge >= 0.3 is 6.18 Å². The quantitative estimate of drug-likeness (QED) is 0.314. The second kappa shape index (κ2) is 9.48. The molecule has 1 aromatic carbocycles. The normalized spacial score (nSPS) is 12.7. The molecule has 0 aromatic heterocycles. The first-order valence-electron chi connectivity index (χ1n) is 7.02. The van der Waals surface area contributed by atoms with Crippen LogP contribution in [-0.4, -0.2) is 42.0 Å². The van der Waals surface area contributed by atoms with E-state index in [1.165, 1.54) is 23.9 Å². The van der Waals surface area contributed by atoms with Crippen LogP contribution in [0.15, 0.2) is 29.2 Å². The minimum atomic E-state index is -4.35. The minimum absolute atomic E-state index is 0.0321. The van der Waals surface area contributed by atoms with Crippen molar-refractivity contribution in [3.63, 3.8) is 0 Å². The average Bonchev–Trinajstić information content (AvgIpc) is 2.49. The molecule has 0 spiro atoms. The van der Waals surface area contributed by atoms with Crippen LogP contribution < -0.4 is 5.32 Å². The first-order chi connectivity index (χ1) is 11.2. The van der Waals surface area contributed by atoms with Crippen LogP contribution in [0.2, 0.25) is 0 Å². The van der Waals surface area contributed by atoms with Gasteiger partial charge in [-0.3, -0.25) is 14.9 Å². The molecule has 1 amide bonds. The van der Waals surface area contributed by atoms with Crippen LogP contribution in [0.5, 0.6) is 0 Å². The molecule has 1 N–H and O–H groups in total. The first kappa shape index (κ1) is 20.2. The number of non-ortho nitro benzene ring substituents is 1. The molecule has 0 heterocycles. The summed E-state index contributed by atoms with van der Waals surface area (Å²) in [6.45, 7) is 0.487. The summed E-state index contributed by atoms with van der Waals surface area (Å²) < 4.78 is 40.0. The lowest BCUT2D eigenvalue weighted by molar-refractivity contribution is -0.384. The standard InChI is InChI=1S/C14H17F3N2O4S/c1-10(24-12-5-3-11(4-6-12)19(21)22)13(20)18-7-2-8-23-9-14(15,16)17/h3-6,10H,2,7-9H2,1H3,(H,18,20). The number of hydrogen-bond acceptors (Lipinski definition) is 5. The van der Waals surface area contributed by atoms with Crippen LogP contribution in [0, 0.1) is 10.1 Å². The van der Waals surface area contributed by atoms with Crippen molar-refractivity contribution in [2.24, 2.45) is 0 Å². The van der Waals surface area contributed by atoms with E-state index >= 15 is 0 Å². The molecule has 0 aliphatic heterocycles. The predicted octanol–water partition coefficient (Wildman–Crippen LogP) is 3.16. The molecule has 1 rings (SSSR count). The Morgan fingerprint density at radius 2 is 2.00 bits per heavy atom. The Bertz CT molecular complexity index is 552. The van der Waals surface area contributed by atoms with Crippen LogP contribution in [-0.2, 0) is 9.53 Å². The third kappa shape index (κ3) is 8.16. The fourth-order valence-corrected chi connectivity index (χ4v) is 2.51. The van der Waals surface area contributed by atoms with E-state index in [4.69, 9.17) is 0 Å². The topological polar surface area (TPSA) is 81.5 Å². The highest BCUT2D eigenvalue weighted by atomic mass is 32.2. The Morgan fingerprint density at radius 3 is 2.54 bits per heavy atom. The van der Waals surface area contributed by atoms with E-state index in [-0.39, 0.29) is 31.2 Å². The maximum absolute atomic E-state index is 11.9. The number of ether oxygens (including phenoxy) is 1. The number of carbonyl (C=O) groups is 1. The van der Waals surface area contributed by atoms with Gasteiger partial charge in [-0.15, -0.1) is 11.8 Å². The average molecular weight is 366 g/mol. The molecular weight excluding hydrogens is 349 g/mol. The monoisotopic (exact) mass is 366 g/mol. The Kier molecular flexibility index (Phi) is 7.99. The molecule has 0 saturated carbocycles. The fraction of sp³-hybridized carbons (Fsp3) is 0.500. The molecule has 10 heteroatoms. The van der Waals surface area contributed by atoms with Gasteiger partial charge in [0, 0.05) is 30.2 Å². The van der Waals surface area contributed by atoms with E-state index in [0.717, 1.165) is 0 Å². The van der Waals surface area contributed by atoms with E-state index in [1.807, 2.05) is 0 Å². The van der Waals surface area contributed by atoms with Gasteiger partial charge in [0.1, 0.15) is 6.61 Å². The minimum Gasteiger partial charge on any atom is -0.372 e. The van der Waals surface area contributed by atoms with Crippen molar-refractivity contribution >= 4 is 23.4 Å². The lowest BCUT2D eigenvalue weighted by Gasteiger charge is -2.12. The number of halogens is 3. The summed E-state index contributed by atoms with van der Waals surface area (Å²) in [5, 5.41) is 12.7. The summed E-state index contributed by atoms with van der Waals surface area (Å²) in [6, 6.07) is 5.81. The predicted molar refractivity (Wildman–Crippen MR) is 82.9 cm³/mol. The molecule has 1 unspecified atom stereocenters. The molecule has 0 aliphatic carbocycles. The van der Waals surface area contributed by atoms with E-state index in [0.29, 0.717) is 4.90 Å². The number of thioether (sulfide) groups is 1. The van der Waals surface area contributed by atoms with Gasteiger partial charge in [-0.05, 0) is 25.5 Å². The van der Waals surface area contributed by atoms with Gasteiger partial charge in [-0.1, -0.05) is 0 Å². The molecule has 1 aromatic rings. The number of nitrogens with zero attached hydrogens (tertiary/aromatic N) is 1. The Labute approximate surface area is 140 Å². The maximum Gasteiger partial charge on any atom is 0.411 e. The molecule has 0 bridgehead atoms. The van der Waals surface area contributed by atoms with Crippen molar-refractivity contribution in [3.05, 3.63) is 34.4 Å². The molecule has 134 valence electrons. The lowest BCUT2D eigenvalue weighted by atomic mass is 10.3. The third-order valence-electron chi connectivity index (χ3n) is 2.76. The van der Waals surface area contributed by atoms with Crippen molar-refractivity contribution in [2.45, 2.75) is 29.7 Å². The number of carbonyl (C=O) groups excluding carboxylic acids is 1. The summed E-state index contributed by atoms with van der Waals surface area (Å²) in [4.78, 5) is 22.6. The molecule has 0 fully saturated rings. The van der Waals surface area contributed by atoms with Gasteiger partial charge in [0.25, 0.3) is 5.69 Å². The van der Waals surface area contributed by atoms with Crippen molar-refractivity contribution in [1.82, 2.24) is 5.32 Å². The highest BCUT2D eigenvalue weighted by Gasteiger charge is 2.27. The number of nitro benzene ring substituents is 1. The van der Waals surface area contributed by atoms with Crippen molar-refractivity contribution in [1.29, 1.82) is 0 Å². The van der Waals surface area contributed by atoms with Crippen molar-refractivity contribution < 1.29 is 27.6 Å². The summed E-state index contributed by atoms with van der Waals surface area (Å²) in [6.07, 6.45) is -4.07. The summed E-state index contributed by atoms with van der Waals surface area (Å²) in [5.41, 5.74) is -0.0321. The highest BCUT2D eigenvalue weighted by molar-refractivity contribution is 8.00. The van der Waals surface area contributed by atoms with Gasteiger partial charge in [0.2, 0.25) is 5.91 Å². The van der Waals surface area contributed by atoms with E-state index < -0.39 is 23.0 Å². The van der Waals surface area contributed by atoms with Gasteiger partial charge < -0.3 is 10.1 Å². The van der Waals surface area contributed by atoms with Gasteiger partial charge in [0.05, 0.1) is 10.2 Å². The van der Waals surface area contributed by atoms with E-state index in [2.05, 4.69) is 10.1 Å². The smallest absolute Gasteiger partial charge is 0.372 e. The number of alkyl halides is 3. The highest BCUT2D eigenvalue weighted by Crippen LogP contribution is 2.25. The largest absolute Gasteiger partial charge is 0.411 e. The Morgan fingerprint density at radius 1 is 1.38 bits per heavy atom. The lowest BCUT2D eigenvalue weighted by Crippen LogP contribution is -2.32. The van der Waals surface area contributed by atoms with Crippen LogP contribution in [0.3, 0.4) is 0 Å². The second-order valence-electron chi connectivity index (χ2n) is 4.82. The molecular formula is C14H17F3N2O4S. The van der Waals surface area contributed by atoms with Crippen LogP contribution in [0.4, 0.5) is 18.9 Å². The van der Waals surface area contributed by atoms with Gasteiger partial charge in [-0.25, -0.2) is 0 Å². The van der Waals surface area contributed by atoms with Crippen molar-refractivity contribution in [2.75, 3.05) is 19.8 Å². The number of rotatable bonds is 9. The molecule has 0 radical (unpaired) electrons. The van der Waals surface area contributed by atoms with Gasteiger partial charge in [0.15, 0.2) is 0 Å². The number of hydrogen-bond donors (Lipinski definition) is 1. The zero-order chi connectivity index (χ0) is 18.2. The van der Waals surface area contributed by atoms with Crippen LogP contribution in [0.1, 0.15) is 13.3 Å². The molecule has 0 aliphatic rings. The van der Waals surface area contributed by atoms with E-state index in [1.54, 1.807) is 19.1 Å². The first-order valence-corrected chi connectivity index (χ1v) is 7.90. The number of amides is 1. The zero-order valence-electron chi connectivity index (χ0n) is 12.8. The second-order valence-corrected chi connectivity index (χ2v) is 6.24. The summed E-state index contributed by atoms with van der Waals surface area (Å²) >= 11 is 1.23. The fourth-order valence-electron chi connectivity index (χ4n) is 1.62.